The van der Waals surface area contributed by atoms with Crippen LogP contribution in [0.3, 0.4) is 0 Å². The second-order valence-electron chi connectivity index (χ2n) is 11.7. The van der Waals surface area contributed by atoms with Crippen LogP contribution in [0.15, 0.2) is 36.4 Å². The number of fused-ring (bicyclic) bond motifs is 4. The van der Waals surface area contributed by atoms with Gasteiger partial charge in [-0.25, -0.2) is 10.4 Å². The van der Waals surface area contributed by atoms with E-state index in [4.69, 9.17) is 9.72 Å². The van der Waals surface area contributed by atoms with Crippen LogP contribution >= 0.6 is 0 Å². The monoisotopic (exact) mass is 563 g/mol. The Kier molecular flexibility index (Phi) is 9.11. The van der Waals surface area contributed by atoms with E-state index in [2.05, 4.69) is 16.1 Å². The molecule has 2 aromatic rings. The highest BCUT2D eigenvalue weighted by molar-refractivity contribution is 5.94. The summed E-state index contributed by atoms with van der Waals surface area (Å²) in [5, 5.41) is 8.00. The minimum atomic E-state index is -0.925. The van der Waals surface area contributed by atoms with Crippen molar-refractivity contribution in [1.29, 1.82) is 0 Å². The van der Waals surface area contributed by atoms with E-state index in [0.29, 0.717) is 31.5 Å². The third kappa shape index (κ3) is 6.93. The second kappa shape index (κ2) is 12.4. The van der Waals surface area contributed by atoms with Crippen LogP contribution < -0.4 is 16.1 Å². The van der Waals surface area contributed by atoms with Gasteiger partial charge < -0.3 is 15.4 Å². The molecule has 3 heterocycles. The Morgan fingerprint density at radius 2 is 1.83 bits per heavy atom. The molecule has 0 spiro atoms. The van der Waals surface area contributed by atoms with Crippen LogP contribution in [0.2, 0.25) is 0 Å². The fraction of sp³-hybridized carbons (Fsp3) is 0.516. The molecule has 0 radical (unpaired) electrons. The van der Waals surface area contributed by atoms with Gasteiger partial charge in [-0.1, -0.05) is 50.6 Å². The van der Waals surface area contributed by atoms with E-state index >= 15 is 0 Å². The van der Waals surface area contributed by atoms with Gasteiger partial charge in [-0.3, -0.25) is 24.2 Å². The Morgan fingerprint density at radius 3 is 2.56 bits per heavy atom. The molecular weight excluding hydrogens is 522 g/mol. The minimum Gasteiger partial charge on any atom is -0.455 e. The smallest absolute Gasteiger partial charge is 0.325 e. The van der Waals surface area contributed by atoms with E-state index in [-0.39, 0.29) is 17.7 Å². The normalized spacial score (nSPS) is 27.5. The van der Waals surface area contributed by atoms with Crippen molar-refractivity contribution >= 4 is 40.7 Å². The van der Waals surface area contributed by atoms with Crippen molar-refractivity contribution in [2.45, 2.75) is 85.0 Å². The molecule has 0 unspecified atom stereocenters. The number of esters is 1. The molecule has 5 atom stereocenters. The summed E-state index contributed by atoms with van der Waals surface area (Å²) in [5.41, 5.74) is 4.25. The second-order valence-corrected chi connectivity index (χ2v) is 11.7. The van der Waals surface area contributed by atoms with Crippen molar-refractivity contribution in [2.75, 3.05) is 6.54 Å². The summed E-state index contributed by atoms with van der Waals surface area (Å²) in [4.78, 5) is 57.8. The molecule has 4 rings (SSSR count). The zero-order chi connectivity index (χ0) is 29.9. The number of nitrogens with zero attached hydrogens (tertiary/aromatic N) is 2. The number of pyridine rings is 1. The van der Waals surface area contributed by atoms with Crippen LogP contribution in [-0.2, 0) is 23.9 Å². The number of hydrazine groups is 1. The summed E-state index contributed by atoms with van der Waals surface area (Å²) in [6.07, 6.45) is 4.81. The Morgan fingerprint density at radius 1 is 1.10 bits per heavy atom. The standard InChI is InChI=1S/C31H41N5O5/c1-7-18(2)26-27(37)32-19(3)28(38)36-16-8-9-24(35-36)29(39)41-20(4)23-13-12-22-11-10-21(17-25(22)33-23)14-15-31(5,6)30(40)34-26/h10-15,17-20,24,26,35H,7-9,16H2,1-6H3,(H,32,37)(H,34,40)/b15-14+/t18-,19-,20+,24-,26-/m0/s1. The SMILES string of the molecule is CC[C@H](C)[C@@H]1NC(=O)C(C)(C)/C=C/c2ccc3ccc(nc3c2)[C@@H](C)OC(=O)[C@@H]2CCCN(N2)C(=O)[C@H](C)NC1=O. The highest BCUT2D eigenvalue weighted by Crippen LogP contribution is 2.25. The molecule has 1 saturated heterocycles. The number of carbonyl (C=O) groups excluding carboxylic acids is 4. The van der Waals surface area contributed by atoms with Crippen molar-refractivity contribution in [3.8, 4) is 0 Å². The summed E-state index contributed by atoms with van der Waals surface area (Å²) in [6, 6.07) is 7.17. The number of hydrogen-bond donors (Lipinski definition) is 3. The third-order valence-electron chi connectivity index (χ3n) is 7.97. The van der Waals surface area contributed by atoms with Gasteiger partial charge in [-0.05, 0) is 64.2 Å². The van der Waals surface area contributed by atoms with Gasteiger partial charge in [0.1, 0.15) is 24.2 Å². The van der Waals surface area contributed by atoms with Crippen LogP contribution in [0.1, 0.15) is 78.2 Å². The molecule has 0 aliphatic carbocycles. The summed E-state index contributed by atoms with van der Waals surface area (Å²) in [7, 11) is 0. The van der Waals surface area contributed by atoms with Gasteiger partial charge in [0, 0.05) is 11.9 Å². The zero-order valence-electron chi connectivity index (χ0n) is 24.7. The average molecular weight is 564 g/mol. The van der Waals surface area contributed by atoms with Crippen LogP contribution in [0.5, 0.6) is 0 Å². The average Bonchev–Trinajstić information content (AvgIpc) is 2.96. The number of cyclic esters (lactones) is 1. The molecule has 1 aromatic carbocycles. The first-order chi connectivity index (χ1) is 19.4. The van der Waals surface area contributed by atoms with Gasteiger partial charge in [-0.2, -0.15) is 0 Å². The lowest BCUT2D eigenvalue weighted by molar-refractivity contribution is -0.157. The van der Waals surface area contributed by atoms with Gasteiger partial charge in [0.25, 0.3) is 5.91 Å². The van der Waals surface area contributed by atoms with E-state index in [1.807, 2.05) is 50.3 Å². The maximum Gasteiger partial charge on any atom is 0.325 e. The fourth-order valence-corrected chi connectivity index (χ4v) is 4.92. The number of aromatic nitrogens is 1. The zero-order valence-corrected chi connectivity index (χ0v) is 24.7. The lowest BCUT2D eigenvalue weighted by atomic mass is 9.89. The third-order valence-corrected chi connectivity index (χ3v) is 7.97. The van der Waals surface area contributed by atoms with Gasteiger partial charge >= 0.3 is 5.97 Å². The molecule has 10 heteroatoms. The lowest BCUT2D eigenvalue weighted by Gasteiger charge is -2.35. The molecule has 41 heavy (non-hydrogen) atoms. The fourth-order valence-electron chi connectivity index (χ4n) is 4.92. The first-order valence-corrected chi connectivity index (χ1v) is 14.4. The molecule has 220 valence electrons. The van der Waals surface area contributed by atoms with Crippen molar-refractivity contribution in [3.05, 3.63) is 47.7 Å². The number of amides is 3. The van der Waals surface area contributed by atoms with E-state index in [1.54, 1.807) is 33.8 Å². The molecule has 10 nitrogen and oxygen atoms in total. The van der Waals surface area contributed by atoms with Crippen LogP contribution in [0, 0.1) is 11.3 Å². The predicted molar refractivity (Wildman–Crippen MR) is 156 cm³/mol. The molecule has 2 aliphatic rings. The predicted octanol–water partition coefficient (Wildman–Crippen LogP) is 3.42. The minimum absolute atomic E-state index is 0.169. The summed E-state index contributed by atoms with van der Waals surface area (Å²) < 4.78 is 5.76. The maximum absolute atomic E-state index is 13.4. The Labute approximate surface area is 241 Å². The summed E-state index contributed by atoms with van der Waals surface area (Å²) in [5.74, 6) is -1.75. The molecule has 3 amide bonds. The Hall–Kier alpha value is -3.79. The molecule has 2 aliphatic heterocycles. The number of ether oxygens (including phenoxy) is 1. The Balaban J connectivity index is 1.71. The van der Waals surface area contributed by atoms with E-state index in [1.165, 1.54) is 5.01 Å². The van der Waals surface area contributed by atoms with E-state index in [0.717, 1.165) is 16.5 Å². The molecular formula is C31H41N5O5. The number of carbonyl (C=O) groups is 4. The van der Waals surface area contributed by atoms with Gasteiger partial charge in [0.05, 0.1) is 16.6 Å². The lowest BCUT2D eigenvalue weighted by Crippen LogP contribution is -2.61. The van der Waals surface area contributed by atoms with Crippen molar-refractivity contribution in [1.82, 2.24) is 26.1 Å². The Bertz CT molecular complexity index is 1360. The van der Waals surface area contributed by atoms with E-state index < -0.39 is 41.5 Å². The number of hydrogen-bond acceptors (Lipinski definition) is 7. The highest BCUT2D eigenvalue weighted by atomic mass is 16.5. The van der Waals surface area contributed by atoms with Crippen LogP contribution in [-0.4, -0.2) is 58.4 Å². The highest BCUT2D eigenvalue weighted by Gasteiger charge is 2.35. The first-order valence-electron chi connectivity index (χ1n) is 14.4. The van der Waals surface area contributed by atoms with Crippen LogP contribution in [0.25, 0.3) is 17.0 Å². The van der Waals surface area contributed by atoms with Gasteiger partial charge in [0.2, 0.25) is 11.8 Å². The molecule has 5 bridgehead atoms. The number of rotatable bonds is 2. The largest absolute Gasteiger partial charge is 0.455 e. The quantitative estimate of drug-likeness (QED) is 0.478. The molecule has 0 saturated carbocycles. The summed E-state index contributed by atoms with van der Waals surface area (Å²) in [6.45, 7) is 11.2. The van der Waals surface area contributed by atoms with Crippen LogP contribution in [0.4, 0.5) is 0 Å². The molecule has 1 aromatic heterocycles. The van der Waals surface area contributed by atoms with Crippen molar-refractivity contribution in [3.63, 3.8) is 0 Å². The molecule has 3 N–H and O–H groups in total. The first kappa shape index (κ1) is 30.2. The van der Waals surface area contributed by atoms with E-state index in [9.17, 15) is 19.2 Å². The van der Waals surface area contributed by atoms with Crippen molar-refractivity contribution < 1.29 is 23.9 Å². The van der Waals surface area contributed by atoms with Crippen molar-refractivity contribution in [2.24, 2.45) is 11.3 Å². The van der Waals surface area contributed by atoms with Gasteiger partial charge in [0.15, 0.2) is 0 Å². The summed E-state index contributed by atoms with van der Waals surface area (Å²) >= 11 is 0. The maximum atomic E-state index is 13.4. The number of nitrogens with one attached hydrogen (secondary N) is 3. The topological polar surface area (TPSA) is 130 Å². The van der Waals surface area contributed by atoms with Gasteiger partial charge in [-0.15, -0.1) is 0 Å². The number of benzene rings is 1. The molecule has 1 fully saturated rings.